The first-order chi connectivity index (χ1) is 10.9. The Morgan fingerprint density at radius 2 is 1.87 bits per heavy atom. The van der Waals surface area contributed by atoms with E-state index in [0.717, 1.165) is 32.4 Å². The highest BCUT2D eigenvalue weighted by Crippen LogP contribution is 2.23. The van der Waals surface area contributed by atoms with Gasteiger partial charge in [-0.3, -0.25) is 0 Å². The number of carbonyl (C=O) groups is 1. The minimum Gasteiger partial charge on any atom is -0.444 e. The average Bonchev–Trinajstić information content (AvgIpc) is 2.95. The molecule has 2 fully saturated rings. The number of amides is 1. The van der Waals surface area contributed by atoms with Gasteiger partial charge < -0.3 is 19.9 Å². The number of nitrogens with one attached hydrogen (secondary N) is 1. The van der Waals surface area contributed by atoms with E-state index in [1.54, 1.807) is 0 Å². The Labute approximate surface area is 141 Å². The zero-order chi connectivity index (χ0) is 16.9. The molecule has 134 valence electrons. The van der Waals surface area contributed by atoms with E-state index >= 15 is 0 Å². The quantitative estimate of drug-likeness (QED) is 0.844. The molecule has 0 spiro atoms. The molecular weight excluding hydrogens is 290 g/mol. The van der Waals surface area contributed by atoms with Gasteiger partial charge >= 0.3 is 6.09 Å². The lowest BCUT2D eigenvalue weighted by atomic mass is 10.0. The number of hydrogen-bond acceptors (Lipinski definition) is 4. The molecule has 1 N–H and O–H groups in total. The summed E-state index contributed by atoms with van der Waals surface area (Å²) in [5.74, 6) is 0. The van der Waals surface area contributed by atoms with Gasteiger partial charge in [0.2, 0.25) is 0 Å². The summed E-state index contributed by atoms with van der Waals surface area (Å²) in [6.07, 6.45) is 5.58. The third-order valence-electron chi connectivity index (χ3n) is 4.95. The minimum atomic E-state index is -0.407. The van der Waals surface area contributed by atoms with Crippen LogP contribution >= 0.6 is 0 Å². The van der Waals surface area contributed by atoms with Gasteiger partial charge in [0.1, 0.15) is 5.60 Å². The Hall–Kier alpha value is -0.810. The van der Waals surface area contributed by atoms with Gasteiger partial charge in [0, 0.05) is 18.6 Å². The number of piperidine rings is 1. The number of likely N-dealkylation sites (tertiary alicyclic amines) is 2. The molecule has 2 heterocycles. The Morgan fingerprint density at radius 3 is 2.48 bits per heavy atom. The summed E-state index contributed by atoms with van der Waals surface area (Å²) < 4.78 is 5.53. The molecule has 0 aromatic heterocycles. The standard InChI is InChI=1S/C18H35N3O2/c1-5-20-13-9-15(10-14-20)19-11-8-16-7-6-12-21(16)17(22)23-18(2,3)4/h15-16,19H,5-14H2,1-4H3. The molecule has 0 aromatic rings. The maximum Gasteiger partial charge on any atom is 0.410 e. The SMILES string of the molecule is CCN1CCC(NCCC2CCCN2C(=O)OC(C)(C)C)CC1. The number of nitrogens with zero attached hydrogens (tertiary/aromatic N) is 2. The second kappa shape index (κ2) is 8.34. The Balaban J connectivity index is 1.69. The smallest absolute Gasteiger partial charge is 0.410 e. The molecule has 2 aliphatic rings. The number of ether oxygens (including phenoxy) is 1. The summed E-state index contributed by atoms with van der Waals surface area (Å²) >= 11 is 0. The average molecular weight is 325 g/mol. The van der Waals surface area contributed by atoms with Crippen LogP contribution in [0.4, 0.5) is 4.79 Å². The van der Waals surface area contributed by atoms with Crippen molar-refractivity contribution in [2.45, 2.75) is 77.5 Å². The van der Waals surface area contributed by atoms with Crippen LogP contribution in [-0.2, 0) is 4.74 Å². The van der Waals surface area contributed by atoms with Crippen molar-refractivity contribution >= 4 is 6.09 Å². The highest BCUT2D eigenvalue weighted by molar-refractivity contribution is 5.68. The van der Waals surface area contributed by atoms with Gasteiger partial charge in [-0.2, -0.15) is 0 Å². The van der Waals surface area contributed by atoms with Gasteiger partial charge in [0.25, 0.3) is 0 Å². The normalized spacial score (nSPS) is 24.2. The molecule has 0 bridgehead atoms. The van der Waals surface area contributed by atoms with E-state index < -0.39 is 5.60 Å². The van der Waals surface area contributed by atoms with Crippen molar-refractivity contribution in [1.82, 2.24) is 15.1 Å². The fraction of sp³-hybridized carbons (Fsp3) is 0.944. The van der Waals surface area contributed by atoms with Gasteiger partial charge in [-0.15, -0.1) is 0 Å². The van der Waals surface area contributed by atoms with Crippen LogP contribution in [0.5, 0.6) is 0 Å². The highest BCUT2D eigenvalue weighted by Gasteiger charge is 2.31. The van der Waals surface area contributed by atoms with E-state index in [-0.39, 0.29) is 6.09 Å². The molecule has 1 atom stereocenters. The highest BCUT2D eigenvalue weighted by atomic mass is 16.6. The lowest BCUT2D eigenvalue weighted by molar-refractivity contribution is 0.0220. The van der Waals surface area contributed by atoms with Crippen LogP contribution in [0.3, 0.4) is 0 Å². The zero-order valence-corrected chi connectivity index (χ0v) is 15.4. The number of hydrogen-bond donors (Lipinski definition) is 1. The molecule has 5 heteroatoms. The topological polar surface area (TPSA) is 44.8 Å². The van der Waals surface area contributed by atoms with E-state index in [1.807, 2.05) is 25.7 Å². The molecule has 2 saturated heterocycles. The van der Waals surface area contributed by atoms with Crippen LogP contribution < -0.4 is 5.32 Å². The summed E-state index contributed by atoms with van der Waals surface area (Å²) in [6.45, 7) is 13.5. The van der Waals surface area contributed by atoms with Crippen LogP contribution in [0.1, 0.15) is 59.8 Å². The number of carbonyl (C=O) groups excluding carboxylic acids is 1. The predicted octanol–water partition coefficient (Wildman–Crippen LogP) is 2.85. The molecular formula is C18H35N3O2. The van der Waals surface area contributed by atoms with Gasteiger partial charge in [-0.1, -0.05) is 6.92 Å². The van der Waals surface area contributed by atoms with Crippen LogP contribution in [-0.4, -0.2) is 66.3 Å². The Bertz CT molecular complexity index is 373. The second-order valence-electron chi connectivity index (χ2n) is 7.92. The van der Waals surface area contributed by atoms with Crippen LogP contribution in [0, 0.1) is 0 Å². The van der Waals surface area contributed by atoms with E-state index in [9.17, 15) is 4.79 Å². The van der Waals surface area contributed by atoms with Crippen molar-refractivity contribution in [2.75, 3.05) is 32.7 Å². The molecule has 0 aliphatic carbocycles. The monoisotopic (exact) mass is 325 g/mol. The van der Waals surface area contributed by atoms with Gasteiger partial charge in [-0.25, -0.2) is 4.79 Å². The fourth-order valence-electron chi connectivity index (χ4n) is 3.60. The van der Waals surface area contributed by atoms with Crippen LogP contribution in [0.15, 0.2) is 0 Å². The first-order valence-corrected chi connectivity index (χ1v) is 9.34. The predicted molar refractivity (Wildman–Crippen MR) is 93.7 cm³/mol. The molecule has 2 aliphatic heterocycles. The van der Waals surface area contributed by atoms with Gasteiger partial charge in [0.05, 0.1) is 0 Å². The fourth-order valence-corrected chi connectivity index (χ4v) is 3.60. The van der Waals surface area contributed by atoms with Crippen molar-refractivity contribution in [3.05, 3.63) is 0 Å². The summed E-state index contributed by atoms with van der Waals surface area (Å²) in [4.78, 5) is 16.7. The maximum absolute atomic E-state index is 12.3. The van der Waals surface area contributed by atoms with Gasteiger partial charge in [-0.05, 0) is 79.1 Å². The van der Waals surface area contributed by atoms with Crippen LogP contribution in [0.25, 0.3) is 0 Å². The van der Waals surface area contributed by atoms with E-state index in [1.165, 1.54) is 32.5 Å². The largest absolute Gasteiger partial charge is 0.444 e. The summed E-state index contributed by atoms with van der Waals surface area (Å²) in [7, 11) is 0. The van der Waals surface area contributed by atoms with Crippen molar-refractivity contribution in [3.63, 3.8) is 0 Å². The van der Waals surface area contributed by atoms with E-state index in [0.29, 0.717) is 12.1 Å². The second-order valence-corrected chi connectivity index (χ2v) is 7.92. The third kappa shape index (κ3) is 5.96. The molecule has 0 radical (unpaired) electrons. The lowest BCUT2D eigenvalue weighted by Gasteiger charge is -2.32. The van der Waals surface area contributed by atoms with Gasteiger partial charge in [0.15, 0.2) is 0 Å². The number of rotatable bonds is 5. The minimum absolute atomic E-state index is 0.142. The Kier molecular flexibility index (Phi) is 6.72. The zero-order valence-electron chi connectivity index (χ0n) is 15.4. The third-order valence-corrected chi connectivity index (χ3v) is 4.95. The van der Waals surface area contributed by atoms with Crippen molar-refractivity contribution in [2.24, 2.45) is 0 Å². The van der Waals surface area contributed by atoms with E-state index in [4.69, 9.17) is 4.74 Å². The molecule has 1 amide bonds. The molecule has 2 rings (SSSR count). The molecule has 23 heavy (non-hydrogen) atoms. The summed E-state index contributed by atoms with van der Waals surface area (Å²) in [6, 6.07) is 0.988. The molecule has 0 aromatic carbocycles. The summed E-state index contributed by atoms with van der Waals surface area (Å²) in [5.41, 5.74) is -0.407. The Morgan fingerprint density at radius 1 is 1.17 bits per heavy atom. The molecule has 0 saturated carbocycles. The van der Waals surface area contributed by atoms with Crippen molar-refractivity contribution in [1.29, 1.82) is 0 Å². The van der Waals surface area contributed by atoms with E-state index in [2.05, 4.69) is 17.1 Å². The molecule has 1 unspecified atom stereocenters. The van der Waals surface area contributed by atoms with Crippen LogP contribution in [0.2, 0.25) is 0 Å². The van der Waals surface area contributed by atoms with Crippen molar-refractivity contribution < 1.29 is 9.53 Å². The summed E-state index contributed by atoms with van der Waals surface area (Å²) in [5, 5.41) is 3.70. The lowest BCUT2D eigenvalue weighted by Crippen LogP contribution is -2.44. The first-order valence-electron chi connectivity index (χ1n) is 9.34. The first kappa shape index (κ1) is 18.5. The maximum atomic E-state index is 12.3. The molecule has 5 nitrogen and oxygen atoms in total. The van der Waals surface area contributed by atoms with Crippen molar-refractivity contribution in [3.8, 4) is 0 Å².